The molecule has 10 aromatic rings. The van der Waals surface area contributed by atoms with E-state index in [1.165, 1.54) is 98.0 Å². The van der Waals surface area contributed by atoms with Crippen LogP contribution in [0.1, 0.15) is 128 Å². The summed E-state index contributed by atoms with van der Waals surface area (Å²) in [6, 6.07) is 49.6. The summed E-state index contributed by atoms with van der Waals surface area (Å²) in [5, 5.41) is 34.0. The van der Waals surface area contributed by atoms with Crippen molar-refractivity contribution in [3.05, 3.63) is 301 Å². The van der Waals surface area contributed by atoms with Crippen molar-refractivity contribution in [1.82, 2.24) is 19.8 Å². The van der Waals surface area contributed by atoms with Gasteiger partial charge in [-0.3, -0.25) is 44.7 Å². The molecule has 4 aliphatic rings. The van der Waals surface area contributed by atoms with Crippen molar-refractivity contribution in [2.45, 2.75) is 125 Å². The summed E-state index contributed by atoms with van der Waals surface area (Å²) in [6.45, 7) is 25.4. The van der Waals surface area contributed by atoms with Gasteiger partial charge in [0.15, 0.2) is 0 Å². The standard InChI is InChI=1S/C21H16F3N3O.C15H11F3N2O2.C15H13F3N2.C8H9N.C8H19N.C7H3F4NO2.C6H4ClNO.C6H15N.CH2Cl2.CH4O.CH4.ClH/c22-21(23,24)16-5-6-19(27-12-9-14-3-1-2-4-18(14)27)17(13-16)26-20(28)15-7-10-25-11-8-15;16-15(17,18)11-5-6-13(14(9-11)20(21)22)19-8-7-10-3-1-2-4-12(10)19;16-15(17,18)11-5-6-14(12(19)9-11)20-8-7-10-3-1-2-4-13(10)20;1-2-4-8-7(3-1)5-6-9-8;1-6-9(7(2)3)8(4)5;8-5-2-1-4(7(9,10)11)3-6(5)12(13)14;7-6(9)5-1-3-8-4-2-5;1-4-7(5-2)6-3;2-1-3;1-2;;/h1-8,10-11,13H,9,12H2,(H,26,28);1-6,9H,7-8H2;1-6,9H,7-8,19H2;1-4,9H,5-6H2;7-8H,6H2,1-5H3;1-3H;1-4H;4-6H2,1-3H3;1H2;2H,1H3;1H4;1H. The molecule has 36 heteroatoms. The number of hydrogen-bond acceptors (Lipinski definition) is 16. The number of fused-ring (bicyclic) bond motifs is 4. The minimum Gasteiger partial charge on any atom is -0.400 e. The van der Waals surface area contributed by atoms with Crippen LogP contribution >= 0.6 is 47.2 Å². The highest BCUT2D eigenvalue weighted by Crippen LogP contribution is 2.45. The highest BCUT2D eigenvalue weighted by Gasteiger charge is 2.38. The Hall–Kier alpha value is -10.9. The van der Waals surface area contributed by atoms with Crippen LogP contribution < -0.4 is 31.1 Å². The number of pyridine rings is 2. The van der Waals surface area contributed by atoms with Gasteiger partial charge in [-0.2, -0.15) is 57.1 Å². The largest absolute Gasteiger partial charge is 0.416 e. The van der Waals surface area contributed by atoms with Crippen LogP contribution in [0.4, 0.5) is 120 Å². The summed E-state index contributed by atoms with van der Waals surface area (Å²) >= 11 is 14.7. The van der Waals surface area contributed by atoms with E-state index in [2.05, 4.69) is 110 Å². The zero-order valence-corrected chi connectivity index (χ0v) is 72.2. The average Bonchev–Trinajstić information content (AvgIpc) is 1.68. The van der Waals surface area contributed by atoms with Crippen molar-refractivity contribution in [2.24, 2.45) is 0 Å². The molecule has 0 saturated heterocycles. The molecule has 0 radical (unpaired) electrons. The highest BCUT2D eigenvalue weighted by molar-refractivity contribution is 6.67. The molecule has 5 N–H and O–H groups in total. The first kappa shape index (κ1) is 108. The number of rotatable bonds is 14. The number of alkyl halides is 14. The number of para-hydroxylation sites is 4. The number of nitrogens with zero attached hydrogens (tertiary/aromatic N) is 9. The monoisotopic (exact) mass is 1840 g/mol. The highest BCUT2D eigenvalue weighted by atomic mass is 35.5. The molecule has 14 rings (SSSR count). The Bertz CT molecular complexity index is 4970. The van der Waals surface area contributed by atoms with Gasteiger partial charge in [0.2, 0.25) is 5.82 Å². The number of nitrogens with one attached hydrogen (secondary N) is 2. The maximum absolute atomic E-state index is 13.2. The first-order chi connectivity index (χ1) is 58.2. The predicted molar refractivity (Wildman–Crippen MR) is 475 cm³/mol. The minimum absolute atomic E-state index is 0. The molecule has 19 nitrogen and oxygen atoms in total. The second-order valence-electron chi connectivity index (χ2n) is 27.2. The Morgan fingerprint density at radius 2 is 0.848 bits per heavy atom. The number of hydrogen-bond donors (Lipinski definition) is 4. The van der Waals surface area contributed by atoms with E-state index in [1.54, 1.807) is 23.1 Å². The number of carbonyl (C=O) groups excluding carboxylic acids is 2. The van der Waals surface area contributed by atoms with Gasteiger partial charge in [0.25, 0.3) is 16.8 Å². The molecule has 8 aromatic carbocycles. The molecule has 0 aliphatic carbocycles. The number of carbonyl (C=O) groups is 2. The lowest BCUT2D eigenvalue weighted by Crippen LogP contribution is -2.36. The van der Waals surface area contributed by atoms with Gasteiger partial charge in [0.1, 0.15) is 5.69 Å². The number of nitrogen functional groups attached to an aromatic ring is 1. The van der Waals surface area contributed by atoms with E-state index in [0.717, 1.165) is 98.1 Å². The third-order valence-electron chi connectivity index (χ3n) is 19.0. The summed E-state index contributed by atoms with van der Waals surface area (Å²) in [4.78, 5) is 60.2. The molecule has 0 spiro atoms. The normalized spacial score (nSPS) is 12.4. The van der Waals surface area contributed by atoms with Gasteiger partial charge in [-0.25, -0.2) is 0 Å². The van der Waals surface area contributed by atoms with Gasteiger partial charge in [-0.1, -0.05) is 108 Å². The lowest BCUT2D eigenvalue weighted by atomic mass is 10.1. The quantitative estimate of drug-likeness (QED) is 0.0198. The number of nitrogens with two attached hydrogens (primary N) is 1. The second-order valence-corrected chi connectivity index (χ2v) is 28.4. The van der Waals surface area contributed by atoms with E-state index in [9.17, 15) is 86.9 Å². The van der Waals surface area contributed by atoms with Gasteiger partial charge < -0.3 is 41.1 Å². The Balaban J connectivity index is 0.000000380. The fourth-order valence-electron chi connectivity index (χ4n) is 13.1. The van der Waals surface area contributed by atoms with Crippen molar-refractivity contribution in [3.63, 3.8) is 0 Å². The molecular weight excluding hydrogens is 1740 g/mol. The maximum atomic E-state index is 13.2. The molecule has 0 fully saturated rings. The van der Waals surface area contributed by atoms with Crippen LogP contribution in [0, 0.1) is 26.0 Å². The van der Waals surface area contributed by atoms with Crippen molar-refractivity contribution in [2.75, 3.05) is 95.9 Å². The Labute approximate surface area is 740 Å². The molecule has 678 valence electrons. The molecular formula is C89H101Cl4F13N12O7. The number of aromatic nitrogens is 2. The van der Waals surface area contributed by atoms with Crippen LogP contribution in [-0.2, 0) is 50.4 Å². The summed E-state index contributed by atoms with van der Waals surface area (Å²) < 4.78 is 165. The zero-order valence-electron chi connectivity index (χ0n) is 69.1. The molecule has 4 aliphatic heterocycles. The predicted octanol–water partition coefficient (Wildman–Crippen LogP) is 24.8. The molecule has 125 heavy (non-hydrogen) atoms. The molecule has 0 atom stereocenters. The number of halogens is 17. The Morgan fingerprint density at radius 3 is 1.21 bits per heavy atom. The van der Waals surface area contributed by atoms with E-state index in [1.807, 2.05) is 76.5 Å². The third-order valence-corrected chi connectivity index (χ3v) is 19.3. The summed E-state index contributed by atoms with van der Waals surface area (Å²) in [5.74, 6) is -1.78. The Morgan fingerprint density at radius 1 is 0.496 bits per heavy atom. The maximum Gasteiger partial charge on any atom is 0.416 e. The number of nitro benzene ring substituents is 2. The van der Waals surface area contributed by atoms with Crippen LogP contribution in [-0.4, -0.2) is 123 Å². The summed E-state index contributed by atoms with van der Waals surface area (Å²) in [7, 11) is 1.00. The number of nitro groups is 2. The van der Waals surface area contributed by atoms with Gasteiger partial charge in [-0.05, 0) is 223 Å². The summed E-state index contributed by atoms with van der Waals surface area (Å²) in [6.07, 6.45) is -8.67. The third kappa shape index (κ3) is 32.9. The molecule has 0 bridgehead atoms. The van der Waals surface area contributed by atoms with Crippen molar-refractivity contribution >= 4 is 121 Å². The molecule has 6 heterocycles. The van der Waals surface area contributed by atoms with Crippen LogP contribution in [0.5, 0.6) is 0 Å². The van der Waals surface area contributed by atoms with Crippen LogP contribution in [0.25, 0.3) is 0 Å². The minimum atomic E-state index is -4.71. The van der Waals surface area contributed by atoms with Crippen molar-refractivity contribution in [3.8, 4) is 0 Å². The SMILES string of the molecule is C.CCN(C(C)C)C(C)C.CCN(CC)CC.CO.Cl.ClCCl.Nc1cc(C(F)(F)F)ccc1N1CCc2ccccc21.O=C(Cl)c1ccncc1.O=C(Nc1cc(C(F)(F)F)ccc1N1CCc2ccccc21)c1ccncc1.O=[N+]([O-])c1cc(C(F)(F)F)ccc1F.O=[N+]([O-])c1cc(C(F)(F)F)ccc1N1CCc2ccccc21.c1ccc2c(c1)CCN2. The molecule has 2 aromatic heterocycles. The van der Waals surface area contributed by atoms with Gasteiger partial charge >= 0.3 is 30.4 Å². The molecule has 0 unspecified atom stereocenters. The fraction of sp³-hybridized carbons (Fsp3) is 0.326. The van der Waals surface area contributed by atoms with Crippen LogP contribution in [0.2, 0.25) is 0 Å². The molecule has 1 amide bonds. The van der Waals surface area contributed by atoms with E-state index >= 15 is 0 Å². The lowest BCUT2D eigenvalue weighted by molar-refractivity contribution is -0.387. The van der Waals surface area contributed by atoms with Crippen molar-refractivity contribution < 1.29 is 81.6 Å². The average molecular weight is 1840 g/mol. The van der Waals surface area contributed by atoms with Crippen LogP contribution in [0.3, 0.4) is 0 Å². The van der Waals surface area contributed by atoms with Gasteiger partial charge in [0.05, 0.1) is 60.2 Å². The van der Waals surface area contributed by atoms with E-state index in [-0.39, 0.29) is 48.3 Å². The number of benzene rings is 8. The zero-order chi connectivity index (χ0) is 91.5. The Kier molecular flexibility index (Phi) is 45.2. The van der Waals surface area contributed by atoms with Crippen molar-refractivity contribution in [1.29, 1.82) is 0 Å². The lowest BCUT2D eigenvalue weighted by Gasteiger charge is -2.28. The first-order valence-corrected chi connectivity index (χ1v) is 40.0. The number of anilines is 9. The number of amides is 1. The van der Waals surface area contributed by atoms with E-state index in [0.29, 0.717) is 72.3 Å². The fourth-order valence-corrected chi connectivity index (χ4v) is 13.2. The van der Waals surface area contributed by atoms with E-state index < -0.39 is 85.1 Å². The summed E-state index contributed by atoms with van der Waals surface area (Å²) in [5.41, 5.74) is 11.6. The second kappa shape index (κ2) is 52.2. The van der Waals surface area contributed by atoms with Crippen LogP contribution in [0.15, 0.2) is 219 Å². The van der Waals surface area contributed by atoms with Gasteiger partial charge in [-0.15, -0.1) is 35.6 Å². The number of aliphatic hydroxyl groups is 1. The first-order valence-electron chi connectivity index (χ1n) is 38.5. The topological polar surface area (TPSA) is 233 Å². The smallest absolute Gasteiger partial charge is 0.400 e. The van der Waals surface area contributed by atoms with E-state index in [4.69, 9.17) is 45.6 Å². The van der Waals surface area contributed by atoms with Gasteiger partial charge in [0, 0.05) is 116 Å². The number of aliphatic hydroxyl groups excluding tert-OH is 1. The molecule has 0 saturated carbocycles.